The summed E-state index contributed by atoms with van der Waals surface area (Å²) in [5.74, 6) is 0.970. The molecule has 0 bridgehead atoms. The van der Waals surface area contributed by atoms with E-state index in [1.165, 1.54) is 0 Å². The average molecular weight is 598 g/mol. The molecule has 12 nitrogen and oxygen atoms in total. The Hall–Kier alpha value is -2.51. The van der Waals surface area contributed by atoms with Crippen molar-refractivity contribution < 1.29 is 33.8 Å². The van der Waals surface area contributed by atoms with Crippen molar-refractivity contribution in [2.24, 2.45) is 5.41 Å². The molecule has 0 saturated carbocycles. The van der Waals surface area contributed by atoms with Crippen molar-refractivity contribution in [3.8, 4) is 0 Å². The van der Waals surface area contributed by atoms with Gasteiger partial charge < -0.3 is 41.2 Å². The van der Waals surface area contributed by atoms with Gasteiger partial charge >= 0.3 is 12.1 Å². The maximum absolute atomic E-state index is 12.9. The van der Waals surface area contributed by atoms with Gasteiger partial charge in [0.25, 0.3) is 0 Å². The number of hydrogen-bond donors (Lipinski definition) is 6. The van der Waals surface area contributed by atoms with Crippen molar-refractivity contribution >= 4 is 35.7 Å². The summed E-state index contributed by atoms with van der Waals surface area (Å²) >= 11 is 1.89. The number of fused-ring (bicyclic) bond motifs is 1. The van der Waals surface area contributed by atoms with Crippen LogP contribution >= 0.6 is 11.8 Å². The number of rotatable bonds is 16. The fourth-order valence-electron chi connectivity index (χ4n) is 5.34. The summed E-state index contributed by atoms with van der Waals surface area (Å²) in [5, 5.41) is 23.6. The van der Waals surface area contributed by atoms with Gasteiger partial charge in [0.1, 0.15) is 6.10 Å². The smallest absolute Gasteiger partial charge is 0.407 e. The third-order valence-electron chi connectivity index (χ3n) is 7.74. The van der Waals surface area contributed by atoms with Crippen LogP contribution in [0.4, 0.5) is 9.59 Å². The number of aliphatic hydroxyl groups excluding tert-OH is 1. The zero-order valence-electron chi connectivity index (χ0n) is 24.1. The second-order valence-electron chi connectivity index (χ2n) is 11.1. The zero-order chi connectivity index (χ0) is 29.5. The first-order valence-electron chi connectivity index (χ1n) is 14.8. The van der Waals surface area contributed by atoms with Gasteiger partial charge in [0.15, 0.2) is 0 Å². The molecule has 0 aromatic heterocycles. The number of alkyl carbamates (subject to hydrolysis) is 1. The molecule has 0 aromatic carbocycles. The van der Waals surface area contributed by atoms with Crippen molar-refractivity contribution in [1.29, 1.82) is 0 Å². The fraction of sp³-hybridized carbons (Fsp3) is 0.786. The van der Waals surface area contributed by atoms with E-state index >= 15 is 0 Å². The number of ether oxygens (including phenoxy) is 2. The van der Waals surface area contributed by atoms with Gasteiger partial charge in [0.05, 0.1) is 31.9 Å². The number of carbonyl (C=O) groups excluding carboxylic acids is 4. The topological polar surface area (TPSA) is 167 Å². The van der Waals surface area contributed by atoms with Crippen molar-refractivity contribution in [3.63, 3.8) is 0 Å². The largest absolute Gasteiger partial charge is 0.442 e. The van der Waals surface area contributed by atoms with Crippen LogP contribution in [0, 0.1) is 5.41 Å². The second-order valence-corrected chi connectivity index (χ2v) is 12.4. The van der Waals surface area contributed by atoms with Gasteiger partial charge in [-0.1, -0.05) is 19.4 Å². The number of nitrogens with one attached hydrogen (secondary N) is 5. The third kappa shape index (κ3) is 11.4. The minimum absolute atomic E-state index is 0.00542. The highest BCUT2D eigenvalue weighted by atomic mass is 32.2. The molecule has 5 unspecified atom stereocenters. The molecule has 0 aromatic rings. The Kier molecular flexibility index (Phi) is 14.0. The summed E-state index contributed by atoms with van der Waals surface area (Å²) in [7, 11) is 0. The number of aliphatic hydroxyl groups is 1. The Balaban J connectivity index is 1.22. The molecule has 2 heterocycles. The van der Waals surface area contributed by atoms with E-state index in [1.54, 1.807) is 0 Å². The van der Waals surface area contributed by atoms with Crippen molar-refractivity contribution in [1.82, 2.24) is 26.6 Å². The molecule has 41 heavy (non-hydrogen) atoms. The fourth-order valence-corrected chi connectivity index (χ4v) is 6.88. The van der Waals surface area contributed by atoms with E-state index < -0.39 is 11.5 Å². The Morgan fingerprint density at radius 1 is 1.10 bits per heavy atom. The molecule has 6 N–H and O–H groups in total. The molecule has 5 amide bonds. The molecular formula is C28H47N5O7S. The molecule has 0 radical (unpaired) electrons. The highest BCUT2D eigenvalue weighted by Gasteiger charge is 2.42. The summed E-state index contributed by atoms with van der Waals surface area (Å²) in [6.07, 6.45) is 9.42. The van der Waals surface area contributed by atoms with Crippen molar-refractivity contribution in [2.45, 2.75) is 88.1 Å². The van der Waals surface area contributed by atoms with Gasteiger partial charge in [-0.3, -0.25) is 9.59 Å². The van der Waals surface area contributed by atoms with E-state index in [9.17, 15) is 19.2 Å². The minimum Gasteiger partial charge on any atom is -0.442 e. The lowest BCUT2D eigenvalue weighted by Crippen LogP contribution is -2.40. The first-order valence-corrected chi connectivity index (χ1v) is 15.9. The molecule has 3 rings (SSSR count). The summed E-state index contributed by atoms with van der Waals surface area (Å²) < 4.78 is 10.6. The van der Waals surface area contributed by atoms with E-state index in [0.29, 0.717) is 63.6 Å². The Morgan fingerprint density at radius 2 is 1.93 bits per heavy atom. The van der Waals surface area contributed by atoms with Crippen LogP contribution in [0.25, 0.3) is 0 Å². The lowest BCUT2D eigenvalue weighted by atomic mass is 9.79. The average Bonchev–Trinajstić information content (AvgIpc) is 3.48. The molecule has 2 aliphatic heterocycles. The molecule has 232 valence electrons. The summed E-state index contributed by atoms with van der Waals surface area (Å²) in [5.41, 5.74) is -0.536. The monoisotopic (exact) mass is 597 g/mol. The van der Waals surface area contributed by atoms with E-state index in [-0.39, 0.29) is 49.2 Å². The van der Waals surface area contributed by atoms with Crippen LogP contribution in [-0.2, 0) is 19.1 Å². The lowest BCUT2D eigenvalue weighted by Gasteiger charge is -2.29. The van der Waals surface area contributed by atoms with Gasteiger partial charge in [-0.05, 0) is 51.0 Å². The highest BCUT2D eigenvalue weighted by molar-refractivity contribution is 8.00. The summed E-state index contributed by atoms with van der Waals surface area (Å²) in [6, 6.07) is 0.364. The van der Waals surface area contributed by atoms with E-state index in [2.05, 4.69) is 26.6 Å². The predicted molar refractivity (Wildman–Crippen MR) is 156 cm³/mol. The standard InChI is InChI=1S/C28H47N5O7S/c1-28(11-4-7-20(8-5-12-28)40-27(38)31-15-17-39-18-16-34)25(36)30-14-6-13-29-23(35)10-3-2-9-22-24-21(19-41-22)32-26(37)33-24/h4,7,20-22,24,34H,2-3,5-6,8-19H2,1H3,(H,29,35)(H,30,36)(H,31,38)(H2,32,33,37)/b7-4+. The first kappa shape index (κ1) is 33.0. The van der Waals surface area contributed by atoms with E-state index in [4.69, 9.17) is 14.6 Å². The van der Waals surface area contributed by atoms with Crippen molar-refractivity contribution in [2.75, 3.05) is 45.2 Å². The van der Waals surface area contributed by atoms with Crippen LogP contribution in [0.15, 0.2) is 12.2 Å². The molecule has 2 saturated heterocycles. The normalized spacial score (nSPS) is 27.9. The molecule has 3 aliphatic rings. The first-order chi connectivity index (χ1) is 19.8. The highest BCUT2D eigenvalue weighted by Crippen LogP contribution is 2.33. The number of thioether (sulfide) groups is 1. The van der Waals surface area contributed by atoms with Gasteiger partial charge in [-0.15, -0.1) is 0 Å². The molecule has 1 aliphatic carbocycles. The quantitative estimate of drug-likeness (QED) is 0.0886. The number of unbranched alkanes of at least 4 members (excludes halogenated alkanes) is 1. The summed E-state index contributed by atoms with van der Waals surface area (Å²) in [4.78, 5) is 48.6. The van der Waals surface area contributed by atoms with Gasteiger partial charge in [0.2, 0.25) is 11.8 Å². The number of amides is 5. The van der Waals surface area contributed by atoms with Crippen LogP contribution in [0.3, 0.4) is 0 Å². The molecule has 5 atom stereocenters. The summed E-state index contributed by atoms with van der Waals surface area (Å²) in [6.45, 7) is 3.75. The van der Waals surface area contributed by atoms with Crippen LogP contribution in [0.2, 0.25) is 0 Å². The van der Waals surface area contributed by atoms with E-state index in [0.717, 1.165) is 31.4 Å². The van der Waals surface area contributed by atoms with Gasteiger partial charge in [-0.2, -0.15) is 11.8 Å². The third-order valence-corrected chi connectivity index (χ3v) is 9.24. The molecular weight excluding hydrogens is 550 g/mol. The van der Waals surface area contributed by atoms with Crippen LogP contribution < -0.4 is 26.6 Å². The molecule has 2 fully saturated rings. The molecule has 13 heteroatoms. The zero-order valence-corrected chi connectivity index (χ0v) is 24.9. The maximum atomic E-state index is 12.9. The van der Waals surface area contributed by atoms with Gasteiger partial charge in [-0.25, -0.2) is 9.59 Å². The number of urea groups is 1. The number of carbonyl (C=O) groups is 4. The second kappa shape index (κ2) is 17.4. The number of hydrogen-bond acceptors (Lipinski definition) is 8. The Labute approximate surface area is 246 Å². The van der Waals surface area contributed by atoms with Crippen LogP contribution in [-0.4, -0.2) is 97.7 Å². The van der Waals surface area contributed by atoms with Crippen LogP contribution in [0.5, 0.6) is 0 Å². The minimum atomic E-state index is -0.536. The van der Waals surface area contributed by atoms with Crippen molar-refractivity contribution in [3.05, 3.63) is 12.2 Å². The Bertz CT molecular complexity index is 907. The molecule has 0 spiro atoms. The number of allylic oxidation sites excluding steroid dienone is 1. The SMILES string of the molecule is CC1(C(=O)NCCCNC(=O)CCCCC2SCC3NC(=O)NC32)C/C=C/C(OC(=O)NCCOCCO)CCC1. The predicted octanol–water partition coefficient (Wildman–Crippen LogP) is 1.57. The lowest BCUT2D eigenvalue weighted by molar-refractivity contribution is -0.130. The Morgan fingerprint density at radius 3 is 2.76 bits per heavy atom. The van der Waals surface area contributed by atoms with Crippen LogP contribution in [0.1, 0.15) is 64.7 Å². The maximum Gasteiger partial charge on any atom is 0.407 e. The van der Waals surface area contributed by atoms with Gasteiger partial charge in [0, 0.05) is 42.5 Å². The van der Waals surface area contributed by atoms with E-state index in [1.807, 2.05) is 30.8 Å².